The van der Waals surface area contributed by atoms with Crippen LogP contribution in [-0.2, 0) is 6.54 Å². The number of thiophene rings is 1. The third kappa shape index (κ3) is 3.19. The second-order valence-corrected chi connectivity index (χ2v) is 11.8. The Balaban J connectivity index is 1.06. The Labute approximate surface area is 172 Å². The van der Waals surface area contributed by atoms with E-state index >= 15 is 0 Å². The van der Waals surface area contributed by atoms with Crippen molar-refractivity contribution in [3.05, 3.63) is 22.4 Å². The summed E-state index contributed by atoms with van der Waals surface area (Å²) in [4.78, 5) is 16.2. The summed E-state index contributed by atoms with van der Waals surface area (Å²) in [5.74, 6) is 2.64. The van der Waals surface area contributed by atoms with Gasteiger partial charge in [-0.2, -0.15) is 0 Å². The largest absolute Gasteiger partial charge is 0.335 e. The number of rotatable bonds is 4. The molecule has 6 fully saturated rings. The Hall–Kier alpha value is -1.07. The summed E-state index contributed by atoms with van der Waals surface area (Å²) in [5.41, 5.74) is 0.128. The van der Waals surface area contributed by atoms with Crippen molar-refractivity contribution in [3.8, 4) is 0 Å². The molecule has 0 radical (unpaired) electrons. The van der Waals surface area contributed by atoms with E-state index in [9.17, 15) is 4.79 Å². The van der Waals surface area contributed by atoms with Gasteiger partial charge in [0.2, 0.25) is 0 Å². The Bertz CT molecular complexity index is 683. The van der Waals surface area contributed by atoms with Gasteiger partial charge < -0.3 is 15.5 Å². The van der Waals surface area contributed by atoms with Gasteiger partial charge in [0, 0.05) is 37.3 Å². The van der Waals surface area contributed by atoms with E-state index in [1.54, 1.807) is 4.90 Å². The normalized spacial score (nSPS) is 45.9. The fraction of sp³-hybridized carbons (Fsp3) is 0.783. The fourth-order valence-electron chi connectivity index (χ4n) is 8.17. The van der Waals surface area contributed by atoms with Gasteiger partial charge in [-0.25, -0.2) is 4.79 Å². The van der Waals surface area contributed by atoms with Crippen LogP contribution in [0.2, 0.25) is 0 Å². The third-order valence-corrected chi connectivity index (χ3v) is 9.64. The van der Waals surface area contributed by atoms with E-state index in [1.807, 2.05) is 11.3 Å². The lowest BCUT2D eigenvalue weighted by Crippen LogP contribution is -3.17. The van der Waals surface area contributed by atoms with Crippen molar-refractivity contribution in [2.45, 2.75) is 94.4 Å². The Morgan fingerprint density at radius 3 is 2.25 bits per heavy atom. The molecule has 28 heavy (non-hydrogen) atoms. The first-order valence-electron chi connectivity index (χ1n) is 11.6. The van der Waals surface area contributed by atoms with Crippen LogP contribution in [0.1, 0.15) is 69.1 Å². The first-order valence-corrected chi connectivity index (χ1v) is 12.5. The van der Waals surface area contributed by atoms with Gasteiger partial charge in [0.1, 0.15) is 6.54 Å². The van der Waals surface area contributed by atoms with Crippen LogP contribution in [0.4, 0.5) is 4.79 Å². The molecule has 6 bridgehead atoms. The predicted molar refractivity (Wildman–Crippen MR) is 111 cm³/mol. The summed E-state index contributed by atoms with van der Waals surface area (Å²) in [5, 5.41) is 9.12. The first kappa shape index (κ1) is 17.8. The molecule has 2 saturated heterocycles. The average Bonchev–Trinajstić information content (AvgIpc) is 3.20. The minimum atomic E-state index is 0.128. The smallest absolute Gasteiger partial charge is 0.315 e. The highest BCUT2D eigenvalue weighted by Gasteiger charge is 2.52. The van der Waals surface area contributed by atoms with Crippen molar-refractivity contribution in [2.75, 3.05) is 0 Å². The highest BCUT2D eigenvalue weighted by atomic mass is 32.1. The Kier molecular flexibility index (Phi) is 4.27. The van der Waals surface area contributed by atoms with E-state index in [4.69, 9.17) is 0 Å². The first-order chi connectivity index (χ1) is 13.6. The molecule has 2 unspecified atom stereocenters. The van der Waals surface area contributed by atoms with Gasteiger partial charge >= 0.3 is 6.03 Å². The van der Waals surface area contributed by atoms with Crippen molar-refractivity contribution in [2.24, 2.45) is 17.8 Å². The number of hydrogen-bond donors (Lipinski definition) is 3. The number of fused-ring (bicyclic) bond motifs is 2. The molecule has 152 valence electrons. The number of hydrogen-bond acceptors (Lipinski definition) is 2. The highest BCUT2D eigenvalue weighted by molar-refractivity contribution is 7.09. The molecule has 1 aromatic rings. The van der Waals surface area contributed by atoms with Crippen LogP contribution in [0.15, 0.2) is 17.5 Å². The maximum Gasteiger partial charge on any atom is 0.315 e. The van der Waals surface area contributed by atoms with Crippen molar-refractivity contribution < 1.29 is 9.69 Å². The number of piperidine rings is 1. The molecule has 3 N–H and O–H groups in total. The standard InChI is InChI=1S/C23H33N3OS/c27-22(25-23-11-15-6-16(12-23)8-17(7-15)13-23)24-18-9-19-3-4-20(10-18)26(19)14-21-2-1-5-28-21/h1-2,5,15-20H,3-4,6-14H2,(H2,24,25,27)/p+1/t15?,16?,17?,18?,19-,20+,23?. The lowest BCUT2D eigenvalue weighted by Gasteiger charge is -2.56. The number of carbonyl (C=O) groups is 1. The zero-order valence-corrected chi connectivity index (χ0v) is 17.6. The maximum atomic E-state index is 12.9. The molecule has 2 amide bonds. The molecule has 5 heteroatoms. The SMILES string of the molecule is O=C(NC1C[C@H]2CC[C@@H](C1)[NH+]2Cc1cccs1)NC12CC3CC(CC(C3)C1)C2. The average molecular weight is 401 g/mol. The molecule has 4 atom stereocenters. The van der Waals surface area contributed by atoms with Crippen molar-refractivity contribution >= 4 is 17.4 Å². The molecule has 0 spiro atoms. The number of carbonyl (C=O) groups excluding carboxylic acids is 1. The molecule has 4 saturated carbocycles. The van der Waals surface area contributed by atoms with Gasteiger partial charge in [-0.3, -0.25) is 0 Å². The molecule has 3 heterocycles. The quantitative estimate of drug-likeness (QED) is 0.715. The fourth-order valence-corrected chi connectivity index (χ4v) is 8.91. The molecule has 7 rings (SSSR count). The summed E-state index contributed by atoms with van der Waals surface area (Å²) in [6, 6.07) is 6.41. The van der Waals surface area contributed by atoms with Gasteiger partial charge in [0.15, 0.2) is 0 Å². The maximum absolute atomic E-state index is 12.9. The number of urea groups is 1. The van der Waals surface area contributed by atoms with Crippen LogP contribution >= 0.6 is 11.3 Å². The molecule has 2 aliphatic heterocycles. The topological polar surface area (TPSA) is 45.6 Å². The van der Waals surface area contributed by atoms with Crippen LogP contribution in [0.3, 0.4) is 0 Å². The zero-order chi connectivity index (χ0) is 18.7. The lowest BCUT2D eigenvalue weighted by atomic mass is 9.53. The van der Waals surface area contributed by atoms with Crippen LogP contribution in [0.5, 0.6) is 0 Å². The van der Waals surface area contributed by atoms with Crippen molar-refractivity contribution in [1.29, 1.82) is 0 Å². The lowest BCUT2D eigenvalue weighted by molar-refractivity contribution is -0.954. The second kappa shape index (κ2) is 6.73. The van der Waals surface area contributed by atoms with Gasteiger partial charge in [0.25, 0.3) is 0 Å². The molecular formula is C23H34N3OS+. The molecule has 1 aromatic heterocycles. The third-order valence-electron chi connectivity index (χ3n) is 8.76. The minimum Gasteiger partial charge on any atom is -0.335 e. The van der Waals surface area contributed by atoms with E-state index in [0.717, 1.165) is 42.7 Å². The minimum absolute atomic E-state index is 0.128. The van der Waals surface area contributed by atoms with E-state index < -0.39 is 0 Å². The van der Waals surface area contributed by atoms with Crippen LogP contribution < -0.4 is 15.5 Å². The Morgan fingerprint density at radius 1 is 1.04 bits per heavy atom. The summed E-state index contributed by atoms with van der Waals surface area (Å²) >= 11 is 1.89. The predicted octanol–water partition coefficient (Wildman–Crippen LogP) is 3.09. The highest BCUT2D eigenvalue weighted by Crippen LogP contribution is 2.55. The number of quaternary nitrogens is 1. The summed E-state index contributed by atoms with van der Waals surface area (Å²) in [7, 11) is 0. The molecular weight excluding hydrogens is 366 g/mol. The van der Waals surface area contributed by atoms with E-state index in [2.05, 4.69) is 28.1 Å². The number of nitrogens with one attached hydrogen (secondary N) is 3. The Morgan fingerprint density at radius 2 is 1.68 bits per heavy atom. The monoisotopic (exact) mass is 400 g/mol. The summed E-state index contributed by atoms with van der Waals surface area (Å²) < 4.78 is 0. The number of amides is 2. The molecule has 0 aromatic carbocycles. The molecule has 4 aliphatic carbocycles. The van der Waals surface area contributed by atoms with E-state index in [-0.39, 0.29) is 11.6 Å². The van der Waals surface area contributed by atoms with Crippen molar-refractivity contribution in [1.82, 2.24) is 10.6 Å². The van der Waals surface area contributed by atoms with Crippen LogP contribution in [0.25, 0.3) is 0 Å². The van der Waals surface area contributed by atoms with Gasteiger partial charge in [-0.05, 0) is 67.7 Å². The van der Waals surface area contributed by atoms with Crippen molar-refractivity contribution in [3.63, 3.8) is 0 Å². The zero-order valence-electron chi connectivity index (χ0n) is 16.8. The van der Waals surface area contributed by atoms with E-state index in [1.165, 1.54) is 62.8 Å². The molecule has 6 aliphatic rings. The van der Waals surface area contributed by atoms with Crippen LogP contribution in [0, 0.1) is 17.8 Å². The van der Waals surface area contributed by atoms with Crippen LogP contribution in [-0.4, -0.2) is 29.7 Å². The summed E-state index contributed by atoms with van der Waals surface area (Å²) in [6.07, 6.45) is 13.0. The molecule has 4 nitrogen and oxygen atoms in total. The second-order valence-electron chi connectivity index (χ2n) is 10.8. The van der Waals surface area contributed by atoms with Gasteiger partial charge in [-0.15, -0.1) is 11.3 Å². The summed E-state index contributed by atoms with van der Waals surface area (Å²) in [6.45, 7) is 1.18. The van der Waals surface area contributed by atoms with Gasteiger partial charge in [-0.1, -0.05) is 6.07 Å². The van der Waals surface area contributed by atoms with Gasteiger partial charge in [0.05, 0.1) is 17.0 Å². The van der Waals surface area contributed by atoms with E-state index in [0.29, 0.717) is 6.04 Å².